The second-order valence-electron chi connectivity index (χ2n) is 4.82. The molecule has 0 aliphatic carbocycles. The van der Waals surface area contributed by atoms with Gasteiger partial charge in [-0.1, -0.05) is 52.7 Å². The summed E-state index contributed by atoms with van der Waals surface area (Å²) in [4.78, 5) is 10.2. The summed E-state index contributed by atoms with van der Waals surface area (Å²) in [6.07, 6.45) is 0. The number of halogens is 2. The van der Waals surface area contributed by atoms with E-state index in [2.05, 4.69) is 10.3 Å². The van der Waals surface area contributed by atoms with Crippen LogP contribution in [0.15, 0.2) is 48.5 Å². The van der Waals surface area contributed by atoms with Crippen LogP contribution in [0.2, 0.25) is 10.2 Å². The van der Waals surface area contributed by atoms with Crippen molar-refractivity contribution in [3.8, 4) is 11.3 Å². The van der Waals surface area contributed by atoms with E-state index >= 15 is 0 Å². The molecule has 1 heterocycles. The maximum absolute atomic E-state index is 10.7. The second kappa shape index (κ2) is 6.36. The standard InChI is InChI=1S/C15H10Cl2N4O2/c16-12-5-3-11(4-6-12)14-15(17)20(19-18-14)9-10-1-7-13(8-2-10)21(22)23/h1-8H,9H2. The normalized spacial score (nSPS) is 10.7. The first kappa shape index (κ1) is 15.5. The molecule has 3 rings (SSSR count). The van der Waals surface area contributed by atoms with Gasteiger partial charge >= 0.3 is 0 Å². The number of non-ortho nitro benzene ring substituents is 1. The molecule has 6 nitrogen and oxygen atoms in total. The van der Waals surface area contributed by atoms with Crippen LogP contribution in [-0.2, 0) is 6.54 Å². The van der Waals surface area contributed by atoms with Crippen LogP contribution in [0.25, 0.3) is 11.3 Å². The number of nitro benzene ring substituents is 1. The molecule has 0 N–H and O–H groups in total. The van der Waals surface area contributed by atoms with E-state index in [0.717, 1.165) is 11.1 Å². The van der Waals surface area contributed by atoms with E-state index in [9.17, 15) is 10.1 Å². The van der Waals surface area contributed by atoms with Crippen molar-refractivity contribution in [1.82, 2.24) is 15.0 Å². The summed E-state index contributed by atoms with van der Waals surface area (Å²) in [5.41, 5.74) is 2.25. The van der Waals surface area contributed by atoms with Gasteiger partial charge in [-0.05, 0) is 17.7 Å². The lowest BCUT2D eigenvalue weighted by Gasteiger charge is -2.03. The largest absolute Gasteiger partial charge is 0.269 e. The summed E-state index contributed by atoms with van der Waals surface area (Å²) in [5.74, 6) is 0. The first-order valence-corrected chi connectivity index (χ1v) is 7.38. The van der Waals surface area contributed by atoms with Crippen molar-refractivity contribution < 1.29 is 4.92 Å². The van der Waals surface area contributed by atoms with E-state index in [-0.39, 0.29) is 5.69 Å². The molecule has 8 heteroatoms. The molecule has 0 fully saturated rings. The zero-order chi connectivity index (χ0) is 16.4. The Morgan fingerprint density at radius 3 is 2.30 bits per heavy atom. The number of hydrogen-bond donors (Lipinski definition) is 0. The van der Waals surface area contributed by atoms with Gasteiger partial charge in [-0.2, -0.15) is 0 Å². The number of nitro groups is 1. The Bertz CT molecular complexity index is 845. The van der Waals surface area contributed by atoms with Gasteiger partial charge in [0.2, 0.25) is 0 Å². The van der Waals surface area contributed by atoms with Crippen molar-refractivity contribution in [1.29, 1.82) is 0 Å². The molecule has 23 heavy (non-hydrogen) atoms. The SMILES string of the molecule is O=[N+]([O-])c1ccc(Cn2nnc(-c3ccc(Cl)cc3)c2Cl)cc1. The van der Waals surface area contributed by atoms with Crippen LogP contribution in [-0.4, -0.2) is 19.9 Å². The van der Waals surface area contributed by atoms with Crippen LogP contribution in [0.4, 0.5) is 5.69 Å². The Labute approximate surface area is 141 Å². The topological polar surface area (TPSA) is 73.8 Å². The van der Waals surface area contributed by atoms with E-state index in [1.165, 1.54) is 16.8 Å². The van der Waals surface area contributed by atoms with Gasteiger partial charge in [-0.3, -0.25) is 10.1 Å². The van der Waals surface area contributed by atoms with Gasteiger partial charge in [0, 0.05) is 22.7 Å². The Hall–Kier alpha value is -2.44. The molecule has 0 bridgehead atoms. The zero-order valence-corrected chi connectivity index (χ0v) is 13.2. The Morgan fingerprint density at radius 2 is 1.70 bits per heavy atom. The summed E-state index contributed by atoms with van der Waals surface area (Å²) in [7, 11) is 0. The zero-order valence-electron chi connectivity index (χ0n) is 11.7. The van der Waals surface area contributed by atoms with Crippen LogP contribution >= 0.6 is 23.2 Å². The molecule has 0 unspecified atom stereocenters. The summed E-state index contributed by atoms with van der Waals surface area (Å²) in [6.45, 7) is 0.372. The number of aromatic nitrogens is 3. The molecule has 0 amide bonds. The van der Waals surface area contributed by atoms with E-state index in [1.54, 1.807) is 24.3 Å². The van der Waals surface area contributed by atoms with Gasteiger partial charge in [0.05, 0.1) is 11.5 Å². The van der Waals surface area contributed by atoms with Gasteiger partial charge in [0.15, 0.2) is 5.15 Å². The van der Waals surface area contributed by atoms with Crippen molar-refractivity contribution in [3.63, 3.8) is 0 Å². The van der Waals surface area contributed by atoms with Crippen LogP contribution in [0.3, 0.4) is 0 Å². The summed E-state index contributed by atoms with van der Waals surface area (Å²) in [6, 6.07) is 13.4. The molecule has 0 saturated carbocycles. The molecule has 0 aliphatic rings. The molecule has 0 radical (unpaired) electrons. The minimum atomic E-state index is -0.440. The highest BCUT2D eigenvalue weighted by atomic mass is 35.5. The molecule has 0 atom stereocenters. The molecule has 1 aromatic heterocycles. The van der Waals surface area contributed by atoms with E-state index in [1.807, 2.05) is 12.1 Å². The van der Waals surface area contributed by atoms with Crippen molar-refractivity contribution in [2.24, 2.45) is 0 Å². The first-order valence-electron chi connectivity index (χ1n) is 6.63. The minimum absolute atomic E-state index is 0.0419. The van der Waals surface area contributed by atoms with Crippen LogP contribution < -0.4 is 0 Å². The molecule has 116 valence electrons. The highest BCUT2D eigenvalue weighted by molar-refractivity contribution is 6.32. The maximum atomic E-state index is 10.7. The fourth-order valence-electron chi connectivity index (χ4n) is 2.08. The van der Waals surface area contributed by atoms with Gasteiger partial charge < -0.3 is 0 Å². The summed E-state index contributed by atoms with van der Waals surface area (Å²) in [5, 5.41) is 19.8. The first-order chi connectivity index (χ1) is 11.0. The highest BCUT2D eigenvalue weighted by Crippen LogP contribution is 2.27. The number of rotatable bonds is 4. The number of benzene rings is 2. The Kier molecular flexibility index (Phi) is 4.27. The third-order valence-corrected chi connectivity index (χ3v) is 3.90. The quantitative estimate of drug-likeness (QED) is 0.522. The molecule has 2 aromatic carbocycles. The monoisotopic (exact) mass is 348 g/mol. The van der Waals surface area contributed by atoms with Crippen LogP contribution in [0, 0.1) is 10.1 Å². The van der Waals surface area contributed by atoms with Gasteiger partial charge in [-0.25, -0.2) is 4.68 Å². The molecule has 0 aliphatic heterocycles. The lowest BCUT2D eigenvalue weighted by atomic mass is 10.2. The predicted molar refractivity (Wildman–Crippen MR) is 87.7 cm³/mol. The lowest BCUT2D eigenvalue weighted by Crippen LogP contribution is -2.02. The van der Waals surface area contributed by atoms with Crippen molar-refractivity contribution >= 4 is 28.9 Å². The summed E-state index contributed by atoms with van der Waals surface area (Å²) < 4.78 is 1.53. The smallest absolute Gasteiger partial charge is 0.258 e. The molecule has 3 aromatic rings. The maximum Gasteiger partial charge on any atom is 0.269 e. The van der Waals surface area contributed by atoms with E-state index < -0.39 is 4.92 Å². The van der Waals surface area contributed by atoms with Crippen LogP contribution in [0.5, 0.6) is 0 Å². The van der Waals surface area contributed by atoms with Gasteiger partial charge in [0.25, 0.3) is 5.69 Å². The molecular formula is C15H10Cl2N4O2. The fraction of sp³-hybridized carbons (Fsp3) is 0.0667. The summed E-state index contributed by atoms with van der Waals surface area (Å²) >= 11 is 12.2. The molecule has 0 spiro atoms. The predicted octanol–water partition coefficient (Wildman–Crippen LogP) is 4.21. The molecule has 0 saturated heterocycles. The average molecular weight is 349 g/mol. The fourth-order valence-corrected chi connectivity index (χ4v) is 2.45. The van der Waals surface area contributed by atoms with Crippen molar-refractivity contribution in [2.45, 2.75) is 6.54 Å². The van der Waals surface area contributed by atoms with E-state index in [4.69, 9.17) is 23.2 Å². The minimum Gasteiger partial charge on any atom is -0.258 e. The van der Waals surface area contributed by atoms with E-state index in [0.29, 0.717) is 22.4 Å². The second-order valence-corrected chi connectivity index (χ2v) is 5.61. The number of nitrogens with zero attached hydrogens (tertiary/aromatic N) is 4. The third-order valence-electron chi connectivity index (χ3n) is 3.27. The lowest BCUT2D eigenvalue weighted by molar-refractivity contribution is -0.384. The Morgan fingerprint density at radius 1 is 1.04 bits per heavy atom. The van der Waals surface area contributed by atoms with Crippen molar-refractivity contribution in [2.75, 3.05) is 0 Å². The average Bonchev–Trinajstić information content (AvgIpc) is 2.90. The molecular weight excluding hydrogens is 339 g/mol. The van der Waals surface area contributed by atoms with Crippen molar-refractivity contribution in [3.05, 3.63) is 74.4 Å². The third kappa shape index (κ3) is 3.33. The van der Waals surface area contributed by atoms with Gasteiger partial charge in [-0.15, -0.1) is 5.10 Å². The van der Waals surface area contributed by atoms with Gasteiger partial charge in [0.1, 0.15) is 5.69 Å². The highest BCUT2D eigenvalue weighted by Gasteiger charge is 2.13. The number of hydrogen-bond acceptors (Lipinski definition) is 4. The van der Waals surface area contributed by atoms with Crippen LogP contribution in [0.1, 0.15) is 5.56 Å². The Balaban J connectivity index is 1.84.